The number of aromatic nitrogens is 1. The third kappa shape index (κ3) is 3.11. The van der Waals surface area contributed by atoms with Gasteiger partial charge in [-0.05, 0) is 35.4 Å². The second kappa shape index (κ2) is 6.06. The molecule has 1 amide bonds. The molecule has 3 rings (SSSR count). The van der Waals surface area contributed by atoms with Crippen LogP contribution in [0, 0.1) is 0 Å². The van der Waals surface area contributed by atoms with Crippen molar-refractivity contribution in [1.82, 2.24) is 15.2 Å². The first-order chi connectivity index (χ1) is 10.2. The van der Waals surface area contributed by atoms with Crippen LogP contribution in [0.15, 0.2) is 42.6 Å². The molecule has 2 heterocycles. The molecule has 0 spiro atoms. The Morgan fingerprint density at radius 1 is 1.24 bits per heavy atom. The second-order valence-corrected chi connectivity index (χ2v) is 5.38. The van der Waals surface area contributed by atoms with E-state index in [-0.39, 0.29) is 5.91 Å². The molecular weight excluding hydrogens is 262 g/mol. The zero-order chi connectivity index (χ0) is 14.7. The van der Waals surface area contributed by atoms with Crippen molar-refractivity contribution in [2.45, 2.75) is 19.5 Å². The molecule has 0 bridgehead atoms. The first-order valence-corrected chi connectivity index (χ1v) is 7.22. The summed E-state index contributed by atoms with van der Waals surface area (Å²) in [4.78, 5) is 18.5. The van der Waals surface area contributed by atoms with Crippen LogP contribution >= 0.6 is 0 Å². The van der Waals surface area contributed by atoms with Gasteiger partial charge in [0, 0.05) is 50.6 Å². The minimum absolute atomic E-state index is 0.0700. The lowest BCUT2D eigenvalue weighted by Gasteiger charge is -2.17. The molecule has 0 saturated carbocycles. The molecule has 21 heavy (non-hydrogen) atoms. The lowest BCUT2D eigenvalue weighted by atomic mass is 10.1. The average Bonchev–Trinajstić information content (AvgIpc) is 3.00. The van der Waals surface area contributed by atoms with E-state index in [0.29, 0.717) is 6.54 Å². The zero-order valence-electron chi connectivity index (χ0n) is 12.2. The fourth-order valence-corrected chi connectivity index (χ4v) is 2.58. The van der Waals surface area contributed by atoms with Gasteiger partial charge < -0.3 is 10.2 Å². The Bertz CT molecular complexity index is 640. The highest BCUT2D eigenvalue weighted by atomic mass is 16.2. The number of fused-ring (bicyclic) bond motifs is 1. The van der Waals surface area contributed by atoms with Gasteiger partial charge in [0.1, 0.15) is 0 Å². The number of carbonyl (C=O) groups is 1. The number of benzene rings is 1. The Kier molecular flexibility index (Phi) is 3.97. The Hall–Kier alpha value is -2.20. The fraction of sp³-hybridized carbons (Fsp3) is 0.294. The van der Waals surface area contributed by atoms with Gasteiger partial charge in [-0.1, -0.05) is 12.1 Å². The van der Waals surface area contributed by atoms with Crippen molar-refractivity contribution in [2.75, 3.05) is 13.6 Å². The van der Waals surface area contributed by atoms with Gasteiger partial charge in [-0.3, -0.25) is 9.78 Å². The maximum Gasteiger partial charge on any atom is 0.253 e. The summed E-state index contributed by atoms with van der Waals surface area (Å²) in [5, 5.41) is 3.30. The van der Waals surface area contributed by atoms with Crippen molar-refractivity contribution in [3.8, 4) is 0 Å². The molecule has 4 heteroatoms. The van der Waals surface area contributed by atoms with Crippen molar-refractivity contribution < 1.29 is 4.79 Å². The number of carbonyl (C=O) groups excluding carboxylic acids is 1. The van der Waals surface area contributed by atoms with E-state index in [0.717, 1.165) is 30.8 Å². The number of likely N-dealkylation sites (N-methyl/N-ethyl adjacent to an activating group) is 1. The lowest BCUT2D eigenvalue weighted by Crippen LogP contribution is -2.29. The van der Waals surface area contributed by atoms with Gasteiger partial charge in [0.25, 0.3) is 5.91 Å². The maximum atomic E-state index is 12.5. The van der Waals surface area contributed by atoms with Crippen molar-refractivity contribution in [3.05, 3.63) is 65.0 Å². The topological polar surface area (TPSA) is 45.2 Å². The van der Waals surface area contributed by atoms with E-state index in [2.05, 4.69) is 16.4 Å². The standard InChI is InChI=1S/C17H19N3O/c1-20(9-7-16-4-2-3-8-19-16)17(21)13-5-6-14-11-18-12-15(14)10-13/h2-6,8,10,18H,7,9,11-12H2,1H3. The molecule has 0 radical (unpaired) electrons. The van der Waals surface area contributed by atoms with Gasteiger partial charge in [-0.2, -0.15) is 0 Å². The van der Waals surface area contributed by atoms with E-state index in [1.54, 1.807) is 11.1 Å². The van der Waals surface area contributed by atoms with Crippen LogP contribution in [0.4, 0.5) is 0 Å². The highest BCUT2D eigenvalue weighted by Crippen LogP contribution is 2.18. The van der Waals surface area contributed by atoms with Crippen LogP contribution in [0.5, 0.6) is 0 Å². The van der Waals surface area contributed by atoms with E-state index in [1.165, 1.54) is 11.1 Å². The van der Waals surface area contributed by atoms with Crippen LogP contribution in [0.1, 0.15) is 27.2 Å². The summed E-state index contributed by atoms with van der Waals surface area (Å²) in [5.74, 6) is 0.0700. The summed E-state index contributed by atoms with van der Waals surface area (Å²) in [6.45, 7) is 2.43. The number of nitrogens with one attached hydrogen (secondary N) is 1. The molecule has 2 aromatic rings. The number of hydrogen-bond donors (Lipinski definition) is 1. The molecule has 1 N–H and O–H groups in total. The largest absolute Gasteiger partial charge is 0.341 e. The summed E-state index contributed by atoms with van der Waals surface area (Å²) < 4.78 is 0. The number of rotatable bonds is 4. The molecule has 1 aliphatic heterocycles. The smallest absolute Gasteiger partial charge is 0.253 e. The van der Waals surface area contributed by atoms with Crippen molar-refractivity contribution in [2.24, 2.45) is 0 Å². The zero-order valence-corrected chi connectivity index (χ0v) is 12.2. The number of amides is 1. The highest BCUT2D eigenvalue weighted by Gasteiger charge is 2.16. The van der Waals surface area contributed by atoms with Crippen LogP contribution in [0.2, 0.25) is 0 Å². The number of nitrogens with zero attached hydrogens (tertiary/aromatic N) is 2. The van der Waals surface area contributed by atoms with E-state index in [4.69, 9.17) is 0 Å². The Balaban J connectivity index is 1.64. The Morgan fingerprint density at radius 3 is 2.90 bits per heavy atom. The molecule has 0 fully saturated rings. The normalized spacial score (nSPS) is 13.0. The van der Waals surface area contributed by atoms with Crippen molar-refractivity contribution in [3.63, 3.8) is 0 Å². The summed E-state index contributed by atoms with van der Waals surface area (Å²) in [6, 6.07) is 11.8. The Morgan fingerprint density at radius 2 is 2.10 bits per heavy atom. The Labute approximate surface area is 124 Å². The van der Waals surface area contributed by atoms with E-state index < -0.39 is 0 Å². The van der Waals surface area contributed by atoms with Gasteiger partial charge in [0.05, 0.1) is 0 Å². The SMILES string of the molecule is CN(CCc1ccccn1)C(=O)c1ccc2c(c1)CNC2. The number of hydrogen-bond acceptors (Lipinski definition) is 3. The summed E-state index contributed by atoms with van der Waals surface area (Å²) in [5.41, 5.74) is 4.30. The molecule has 108 valence electrons. The minimum Gasteiger partial charge on any atom is -0.341 e. The first kappa shape index (κ1) is 13.8. The van der Waals surface area contributed by atoms with Crippen LogP contribution in [0.25, 0.3) is 0 Å². The second-order valence-electron chi connectivity index (χ2n) is 5.38. The molecule has 4 nitrogen and oxygen atoms in total. The molecule has 0 unspecified atom stereocenters. The highest BCUT2D eigenvalue weighted by molar-refractivity contribution is 5.94. The minimum atomic E-state index is 0.0700. The third-order valence-corrected chi connectivity index (χ3v) is 3.86. The van der Waals surface area contributed by atoms with Crippen LogP contribution in [-0.4, -0.2) is 29.4 Å². The molecule has 1 aliphatic rings. The van der Waals surface area contributed by atoms with Gasteiger partial charge >= 0.3 is 0 Å². The predicted octanol–water partition coefficient (Wildman–Crippen LogP) is 2.00. The van der Waals surface area contributed by atoms with E-state index in [9.17, 15) is 4.79 Å². The molecule has 0 aliphatic carbocycles. The summed E-state index contributed by atoms with van der Waals surface area (Å²) >= 11 is 0. The van der Waals surface area contributed by atoms with Crippen LogP contribution < -0.4 is 5.32 Å². The monoisotopic (exact) mass is 281 g/mol. The van der Waals surface area contributed by atoms with Crippen LogP contribution in [0.3, 0.4) is 0 Å². The maximum absolute atomic E-state index is 12.5. The lowest BCUT2D eigenvalue weighted by molar-refractivity contribution is 0.0796. The molecule has 0 atom stereocenters. The third-order valence-electron chi connectivity index (χ3n) is 3.86. The van der Waals surface area contributed by atoms with Gasteiger partial charge in [0.2, 0.25) is 0 Å². The van der Waals surface area contributed by atoms with E-state index in [1.807, 2.05) is 37.4 Å². The summed E-state index contributed by atoms with van der Waals surface area (Å²) in [7, 11) is 1.84. The predicted molar refractivity (Wildman–Crippen MR) is 81.9 cm³/mol. The molecule has 1 aromatic carbocycles. The summed E-state index contributed by atoms with van der Waals surface area (Å²) in [6.07, 6.45) is 2.56. The molecule has 0 saturated heterocycles. The van der Waals surface area contributed by atoms with Crippen molar-refractivity contribution >= 4 is 5.91 Å². The fourth-order valence-electron chi connectivity index (χ4n) is 2.58. The van der Waals surface area contributed by atoms with Gasteiger partial charge in [-0.25, -0.2) is 0 Å². The van der Waals surface area contributed by atoms with E-state index >= 15 is 0 Å². The average molecular weight is 281 g/mol. The molecular formula is C17H19N3O. The number of pyridine rings is 1. The van der Waals surface area contributed by atoms with Gasteiger partial charge in [0.15, 0.2) is 0 Å². The van der Waals surface area contributed by atoms with Gasteiger partial charge in [-0.15, -0.1) is 0 Å². The van der Waals surface area contributed by atoms with Crippen LogP contribution in [-0.2, 0) is 19.5 Å². The van der Waals surface area contributed by atoms with Crippen molar-refractivity contribution in [1.29, 1.82) is 0 Å². The quantitative estimate of drug-likeness (QED) is 0.932. The first-order valence-electron chi connectivity index (χ1n) is 7.22. The molecule has 1 aromatic heterocycles.